The van der Waals surface area contributed by atoms with Gasteiger partial charge in [-0.25, -0.2) is 9.18 Å². The number of nitriles is 1. The van der Waals surface area contributed by atoms with E-state index in [0.29, 0.717) is 37.1 Å². The molecular formula is C23H29FN4O3. The summed E-state index contributed by atoms with van der Waals surface area (Å²) in [6.07, 6.45) is -1.25. The van der Waals surface area contributed by atoms with E-state index < -0.39 is 23.9 Å². The molecule has 1 aromatic heterocycles. The number of nitrogens with zero attached hydrogens (tertiary/aromatic N) is 4. The highest BCUT2D eigenvalue weighted by molar-refractivity contribution is 5.80. The Morgan fingerprint density at radius 3 is 2.65 bits per heavy atom. The molecule has 7 nitrogen and oxygen atoms in total. The van der Waals surface area contributed by atoms with Crippen LogP contribution in [0.2, 0.25) is 0 Å². The first-order chi connectivity index (χ1) is 14.6. The first-order valence-corrected chi connectivity index (χ1v) is 10.4. The van der Waals surface area contributed by atoms with Gasteiger partial charge in [0, 0.05) is 39.3 Å². The minimum Gasteiger partial charge on any atom is -0.444 e. The number of aromatic nitrogens is 1. The Bertz CT molecular complexity index is 1050. The largest absolute Gasteiger partial charge is 0.444 e. The molecule has 2 heterocycles. The molecule has 2 aromatic rings. The number of hydrogen-bond acceptors (Lipinski definition) is 5. The second kappa shape index (κ2) is 9.06. The maximum Gasteiger partial charge on any atom is 0.410 e. The van der Waals surface area contributed by atoms with Gasteiger partial charge >= 0.3 is 6.09 Å². The summed E-state index contributed by atoms with van der Waals surface area (Å²) >= 11 is 0. The van der Waals surface area contributed by atoms with E-state index >= 15 is 0 Å². The van der Waals surface area contributed by atoms with Crippen molar-refractivity contribution in [3.8, 4) is 6.07 Å². The predicted octanol–water partition coefficient (Wildman–Crippen LogP) is 3.15. The summed E-state index contributed by atoms with van der Waals surface area (Å²) in [5.74, 6) is 0. The number of carbonyl (C=O) groups is 1. The minimum atomic E-state index is -1.21. The SMILES string of the molecule is CN(C(=O)OC(C)(C)C)C1CCN(CCn2c(=O)ccc3ccc(C#N)cc32)CC1F. The van der Waals surface area contributed by atoms with E-state index in [0.717, 1.165) is 5.39 Å². The van der Waals surface area contributed by atoms with Crippen molar-refractivity contribution in [1.29, 1.82) is 5.26 Å². The van der Waals surface area contributed by atoms with Crippen molar-refractivity contribution < 1.29 is 13.9 Å². The Morgan fingerprint density at radius 2 is 2.00 bits per heavy atom. The van der Waals surface area contributed by atoms with Gasteiger partial charge in [-0.15, -0.1) is 0 Å². The van der Waals surface area contributed by atoms with Crippen LogP contribution < -0.4 is 5.56 Å². The van der Waals surface area contributed by atoms with Crippen molar-refractivity contribution in [1.82, 2.24) is 14.4 Å². The Morgan fingerprint density at radius 1 is 1.29 bits per heavy atom. The van der Waals surface area contributed by atoms with Gasteiger partial charge in [-0.3, -0.25) is 9.69 Å². The maximum atomic E-state index is 14.9. The molecule has 0 saturated carbocycles. The molecule has 166 valence electrons. The average molecular weight is 429 g/mol. The van der Waals surface area contributed by atoms with Gasteiger partial charge in [0.1, 0.15) is 11.8 Å². The molecule has 3 rings (SSSR count). The highest BCUT2D eigenvalue weighted by Gasteiger charge is 2.35. The third-order valence-corrected chi connectivity index (χ3v) is 5.53. The number of likely N-dealkylation sites (tertiary alicyclic amines) is 1. The van der Waals surface area contributed by atoms with Crippen LogP contribution in [0.25, 0.3) is 10.9 Å². The number of pyridine rings is 1. The second-order valence-corrected chi connectivity index (χ2v) is 8.97. The van der Waals surface area contributed by atoms with Gasteiger partial charge in [-0.1, -0.05) is 6.07 Å². The number of carbonyl (C=O) groups excluding carboxylic acids is 1. The molecule has 1 fully saturated rings. The number of alkyl halides is 1. The highest BCUT2D eigenvalue weighted by atomic mass is 19.1. The molecule has 1 aliphatic rings. The third kappa shape index (κ3) is 5.42. The van der Waals surface area contributed by atoms with Crippen LogP contribution in [0.15, 0.2) is 35.1 Å². The van der Waals surface area contributed by atoms with Gasteiger partial charge in [0.15, 0.2) is 0 Å². The van der Waals surface area contributed by atoms with Crippen LogP contribution in [0, 0.1) is 11.3 Å². The summed E-state index contributed by atoms with van der Waals surface area (Å²) < 4.78 is 21.9. The van der Waals surface area contributed by atoms with Crippen molar-refractivity contribution in [3.63, 3.8) is 0 Å². The first-order valence-electron chi connectivity index (χ1n) is 10.4. The molecule has 8 heteroatoms. The Labute approximate surface area is 181 Å². The van der Waals surface area contributed by atoms with E-state index in [1.165, 1.54) is 11.0 Å². The fraction of sp³-hybridized carbons (Fsp3) is 0.522. The van der Waals surface area contributed by atoms with Crippen LogP contribution in [-0.2, 0) is 11.3 Å². The van der Waals surface area contributed by atoms with Crippen LogP contribution in [-0.4, -0.2) is 65.0 Å². The number of halogens is 1. The number of hydrogen-bond donors (Lipinski definition) is 0. The molecule has 0 aliphatic carbocycles. The first kappa shape index (κ1) is 22.8. The van der Waals surface area contributed by atoms with Crippen molar-refractivity contribution in [2.75, 3.05) is 26.7 Å². The zero-order chi connectivity index (χ0) is 22.8. The van der Waals surface area contributed by atoms with Crippen LogP contribution in [0.3, 0.4) is 0 Å². The molecule has 0 bridgehead atoms. The lowest BCUT2D eigenvalue weighted by atomic mass is 10.0. The van der Waals surface area contributed by atoms with E-state index in [4.69, 9.17) is 10.00 Å². The van der Waals surface area contributed by atoms with Crippen molar-refractivity contribution in [2.45, 2.75) is 51.6 Å². The monoisotopic (exact) mass is 428 g/mol. The summed E-state index contributed by atoms with van der Waals surface area (Å²) in [5.41, 5.74) is 0.401. The summed E-state index contributed by atoms with van der Waals surface area (Å²) in [6, 6.07) is 10.1. The van der Waals surface area contributed by atoms with Crippen LogP contribution >= 0.6 is 0 Å². The van der Waals surface area contributed by atoms with Gasteiger partial charge < -0.3 is 14.2 Å². The molecule has 1 saturated heterocycles. The molecule has 1 aliphatic heterocycles. The molecule has 0 spiro atoms. The van der Waals surface area contributed by atoms with Gasteiger partial charge in [-0.05, 0) is 50.8 Å². The topological polar surface area (TPSA) is 78.6 Å². The lowest BCUT2D eigenvalue weighted by molar-refractivity contribution is -0.00248. The van der Waals surface area contributed by atoms with E-state index in [9.17, 15) is 14.0 Å². The Balaban J connectivity index is 1.65. The molecule has 31 heavy (non-hydrogen) atoms. The molecule has 2 atom stereocenters. The van der Waals surface area contributed by atoms with E-state index in [1.54, 1.807) is 50.6 Å². The number of piperidine rings is 1. The molecule has 0 radical (unpaired) electrons. The van der Waals surface area contributed by atoms with E-state index in [2.05, 4.69) is 6.07 Å². The fourth-order valence-corrected chi connectivity index (χ4v) is 3.89. The van der Waals surface area contributed by atoms with Gasteiger partial charge in [0.25, 0.3) is 5.56 Å². The quantitative estimate of drug-likeness (QED) is 0.748. The zero-order valence-corrected chi connectivity index (χ0v) is 18.5. The van der Waals surface area contributed by atoms with Crippen LogP contribution in [0.4, 0.5) is 9.18 Å². The zero-order valence-electron chi connectivity index (χ0n) is 18.5. The lowest BCUT2D eigenvalue weighted by Gasteiger charge is -2.39. The van der Waals surface area contributed by atoms with Crippen molar-refractivity contribution in [2.24, 2.45) is 0 Å². The summed E-state index contributed by atoms with van der Waals surface area (Å²) in [6.45, 7) is 7.03. The number of rotatable bonds is 4. The van der Waals surface area contributed by atoms with E-state index in [1.807, 2.05) is 11.0 Å². The second-order valence-electron chi connectivity index (χ2n) is 8.97. The minimum absolute atomic E-state index is 0.154. The smallest absolute Gasteiger partial charge is 0.410 e. The number of amides is 1. The van der Waals surface area contributed by atoms with Gasteiger partial charge in [-0.2, -0.15) is 5.26 Å². The summed E-state index contributed by atoms with van der Waals surface area (Å²) in [5, 5.41) is 10.0. The highest BCUT2D eigenvalue weighted by Crippen LogP contribution is 2.21. The molecule has 1 amide bonds. The predicted molar refractivity (Wildman–Crippen MR) is 117 cm³/mol. The average Bonchev–Trinajstić information content (AvgIpc) is 2.71. The van der Waals surface area contributed by atoms with E-state index in [-0.39, 0.29) is 12.1 Å². The third-order valence-electron chi connectivity index (χ3n) is 5.53. The Hall–Kier alpha value is -2.92. The molecular weight excluding hydrogens is 399 g/mol. The summed E-state index contributed by atoms with van der Waals surface area (Å²) in [7, 11) is 1.57. The molecule has 0 N–H and O–H groups in total. The normalized spacial score (nSPS) is 19.7. The van der Waals surface area contributed by atoms with Crippen LogP contribution in [0.5, 0.6) is 0 Å². The van der Waals surface area contributed by atoms with Crippen LogP contribution in [0.1, 0.15) is 32.8 Å². The number of benzene rings is 1. The molecule has 2 unspecified atom stereocenters. The van der Waals surface area contributed by atoms with Crippen molar-refractivity contribution in [3.05, 3.63) is 46.2 Å². The van der Waals surface area contributed by atoms with Crippen molar-refractivity contribution >= 4 is 17.0 Å². The maximum absolute atomic E-state index is 14.9. The van der Waals surface area contributed by atoms with Gasteiger partial charge in [0.05, 0.1) is 23.2 Å². The number of fused-ring (bicyclic) bond motifs is 1. The Kier molecular flexibility index (Phi) is 6.65. The number of ether oxygens (including phenoxy) is 1. The summed E-state index contributed by atoms with van der Waals surface area (Å²) in [4.78, 5) is 28.0. The lowest BCUT2D eigenvalue weighted by Crippen LogP contribution is -2.54. The molecule has 1 aromatic carbocycles. The standard InChI is InChI=1S/C23H29FN4O3/c1-23(2,3)31-22(30)26(4)19-9-10-27(15-18(19)24)11-12-28-20-13-16(14-25)5-6-17(20)7-8-21(28)29/h5-8,13,18-19H,9-12,15H2,1-4H3. The van der Waals surface area contributed by atoms with Gasteiger partial charge in [0.2, 0.25) is 0 Å². The fourth-order valence-electron chi connectivity index (χ4n) is 3.89.